The first-order chi connectivity index (χ1) is 32.8. The standard InChI is InChI=1S/C52H56Cl2F4N6O4SSi/c1-31(2)41-42(69-47-60-50(8,34-20-22-40(54)59-27-34)43(64(41)47)33-19-21-37(53)38(55)25-33)45(66)62-29-49(7,68-70(48(4,5)6,35-15-11-9-12-16-35)36-17-13-10-14-18-36)26-39(62)44(65)61-30-51(23-24-51)63(28-32(61)3)46(67)52(56,57)58/h9-22,25,27,31-32,39,43H,23-24,26,28-30H2,1-8H3/t32-,39+,43+,49-,50-/m0/s1. The molecule has 0 bridgehead atoms. The number of aromatic nitrogens is 1. The van der Waals surface area contributed by atoms with Crippen LogP contribution in [0.3, 0.4) is 0 Å². The van der Waals surface area contributed by atoms with Gasteiger partial charge in [0.15, 0.2) is 5.17 Å². The number of pyridine rings is 1. The van der Waals surface area contributed by atoms with Crippen LogP contribution in [-0.2, 0) is 24.3 Å². The van der Waals surface area contributed by atoms with Crippen LogP contribution < -0.4 is 10.4 Å². The second-order valence-corrected chi connectivity index (χ2v) is 27.1. The number of thioether (sulfide) groups is 1. The van der Waals surface area contributed by atoms with Gasteiger partial charge in [0, 0.05) is 49.6 Å². The number of amidine groups is 1. The molecule has 3 aromatic carbocycles. The summed E-state index contributed by atoms with van der Waals surface area (Å²) in [5.74, 6) is -3.69. The maximum absolute atomic E-state index is 15.9. The summed E-state index contributed by atoms with van der Waals surface area (Å²) >= 11 is 13.7. The molecular formula is C52H56Cl2F4N6O4SSi. The van der Waals surface area contributed by atoms with Crippen molar-refractivity contribution < 1.29 is 36.4 Å². The maximum Gasteiger partial charge on any atom is 0.471 e. The van der Waals surface area contributed by atoms with Crippen LogP contribution in [0.25, 0.3) is 0 Å². The van der Waals surface area contributed by atoms with Crippen molar-refractivity contribution in [3.8, 4) is 0 Å². The van der Waals surface area contributed by atoms with E-state index < -0.39 is 77.9 Å². The van der Waals surface area contributed by atoms with Crippen LogP contribution in [0.1, 0.15) is 91.8 Å². The number of nitrogens with zero attached hydrogens (tertiary/aromatic N) is 6. The number of benzene rings is 3. The summed E-state index contributed by atoms with van der Waals surface area (Å²) in [5, 5.41) is 2.28. The molecule has 370 valence electrons. The van der Waals surface area contributed by atoms with Gasteiger partial charge in [0.2, 0.25) is 5.91 Å². The van der Waals surface area contributed by atoms with Gasteiger partial charge >= 0.3 is 12.1 Å². The molecule has 1 spiro atoms. The third kappa shape index (κ3) is 8.46. The van der Waals surface area contributed by atoms with E-state index in [2.05, 4.69) is 50.0 Å². The largest absolute Gasteiger partial charge is 0.471 e. The third-order valence-electron chi connectivity index (χ3n) is 14.8. The molecule has 10 nitrogen and oxygen atoms in total. The van der Waals surface area contributed by atoms with Crippen LogP contribution in [0.4, 0.5) is 17.6 Å². The Bertz CT molecular complexity index is 2750. The molecule has 9 rings (SSSR count). The Hall–Kier alpha value is -4.74. The predicted molar refractivity (Wildman–Crippen MR) is 268 cm³/mol. The zero-order chi connectivity index (χ0) is 50.5. The maximum atomic E-state index is 15.9. The SMILES string of the molecule is CC(C)C1=C(C(=O)N2C[C@@](C)(O[Si](c3ccccc3)(c3ccccc3)C(C)(C)C)C[C@@H]2C(=O)N2CC3(CC3)N(C(=O)C(F)(F)F)C[C@@H]2C)SC2=N[C@@](C)(c3ccc(Cl)nc3)[C@@H](c3ccc(Cl)c(F)c3)N21. The lowest BCUT2D eigenvalue weighted by Gasteiger charge is -2.48. The summed E-state index contributed by atoms with van der Waals surface area (Å²) in [6.45, 7) is 15.5. The average Bonchev–Trinajstić information content (AvgIpc) is 3.72. The van der Waals surface area contributed by atoms with Gasteiger partial charge in [-0.3, -0.25) is 14.4 Å². The van der Waals surface area contributed by atoms with E-state index >= 15 is 14.0 Å². The summed E-state index contributed by atoms with van der Waals surface area (Å²) in [4.78, 5) is 60.3. The Kier molecular flexibility index (Phi) is 12.8. The topological polar surface area (TPSA) is 98.6 Å². The van der Waals surface area contributed by atoms with Crippen LogP contribution >= 0.6 is 35.0 Å². The lowest BCUT2D eigenvalue weighted by atomic mass is 9.81. The fraction of sp³-hybridized carbons (Fsp3) is 0.442. The molecule has 5 atom stereocenters. The molecule has 1 aliphatic carbocycles. The van der Waals surface area contributed by atoms with E-state index in [1.807, 2.05) is 75.1 Å². The van der Waals surface area contributed by atoms with Gasteiger partial charge in [-0.15, -0.1) is 0 Å². The Morgan fingerprint density at radius 1 is 0.886 bits per heavy atom. The van der Waals surface area contributed by atoms with Crippen LogP contribution in [0.5, 0.6) is 0 Å². The summed E-state index contributed by atoms with van der Waals surface area (Å²) in [6.07, 6.45) is -2.72. The first-order valence-corrected chi connectivity index (χ1v) is 27.0. The van der Waals surface area contributed by atoms with E-state index in [1.165, 1.54) is 23.9 Å². The quantitative estimate of drug-likeness (QED) is 0.0936. The fourth-order valence-electron chi connectivity index (χ4n) is 11.3. The molecule has 0 unspecified atom stereocenters. The second kappa shape index (κ2) is 17.8. The van der Waals surface area contributed by atoms with E-state index in [-0.39, 0.29) is 42.1 Å². The zero-order valence-corrected chi connectivity index (χ0v) is 43.6. The van der Waals surface area contributed by atoms with Crippen molar-refractivity contribution in [1.82, 2.24) is 24.6 Å². The number of fused-ring (bicyclic) bond motifs is 1. The van der Waals surface area contributed by atoms with E-state index in [0.29, 0.717) is 39.7 Å². The molecule has 5 heterocycles. The number of aliphatic imine (C=N–C) groups is 1. The highest BCUT2D eigenvalue weighted by molar-refractivity contribution is 8.18. The van der Waals surface area contributed by atoms with Gasteiger partial charge < -0.3 is 24.0 Å². The number of allylic oxidation sites excluding steroid dienone is 1. The minimum Gasteiger partial charge on any atom is -0.400 e. The number of hydrogen-bond acceptors (Lipinski definition) is 8. The molecule has 4 aliphatic heterocycles. The van der Waals surface area contributed by atoms with Gasteiger partial charge in [0.1, 0.15) is 27.5 Å². The average molecular weight is 1040 g/mol. The normalized spacial score (nSPS) is 25.5. The zero-order valence-electron chi connectivity index (χ0n) is 40.3. The molecule has 0 N–H and O–H groups in total. The molecule has 2 saturated heterocycles. The minimum absolute atomic E-state index is 0.000675. The van der Waals surface area contributed by atoms with Crippen molar-refractivity contribution in [2.75, 3.05) is 19.6 Å². The van der Waals surface area contributed by atoms with Crippen molar-refractivity contribution in [3.63, 3.8) is 0 Å². The third-order valence-corrected chi connectivity index (χ3v) is 21.6. The molecule has 3 fully saturated rings. The van der Waals surface area contributed by atoms with Crippen molar-refractivity contribution >= 4 is 76.5 Å². The van der Waals surface area contributed by atoms with Gasteiger partial charge in [-0.25, -0.2) is 14.4 Å². The number of rotatable bonds is 9. The summed E-state index contributed by atoms with van der Waals surface area (Å²) in [6, 6.07) is 25.7. The van der Waals surface area contributed by atoms with Gasteiger partial charge in [0.25, 0.3) is 14.2 Å². The lowest BCUT2D eigenvalue weighted by molar-refractivity contribution is -0.193. The van der Waals surface area contributed by atoms with E-state index in [0.717, 1.165) is 15.3 Å². The smallest absolute Gasteiger partial charge is 0.400 e. The molecule has 5 aliphatic rings. The van der Waals surface area contributed by atoms with Crippen LogP contribution in [-0.4, -0.2) is 105 Å². The molecular weight excluding hydrogens is 980 g/mol. The van der Waals surface area contributed by atoms with Crippen LogP contribution in [0.2, 0.25) is 15.2 Å². The Morgan fingerprint density at radius 3 is 2.04 bits per heavy atom. The van der Waals surface area contributed by atoms with E-state index in [1.54, 1.807) is 35.1 Å². The summed E-state index contributed by atoms with van der Waals surface area (Å²) < 4.78 is 65.2. The van der Waals surface area contributed by atoms with E-state index in [4.69, 9.17) is 32.6 Å². The highest BCUT2D eigenvalue weighted by atomic mass is 35.5. The summed E-state index contributed by atoms with van der Waals surface area (Å²) in [7, 11) is -3.32. The highest BCUT2D eigenvalue weighted by Gasteiger charge is 2.63. The summed E-state index contributed by atoms with van der Waals surface area (Å²) in [5.41, 5.74) is -1.45. The molecule has 0 radical (unpaired) electrons. The number of amides is 3. The molecule has 1 aromatic heterocycles. The monoisotopic (exact) mass is 1030 g/mol. The first kappa shape index (κ1) is 50.2. The second-order valence-electron chi connectivity index (χ2n) is 21.1. The number of hydrogen-bond donors (Lipinski definition) is 0. The molecule has 1 saturated carbocycles. The van der Waals surface area contributed by atoms with Gasteiger partial charge in [0.05, 0.1) is 22.2 Å². The first-order valence-electron chi connectivity index (χ1n) is 23.5. The highest BCUT2D eigenvalue weighted by Crippen LogP contribution is 2.57. The Balaban J connectivity index is 1.16. The number of alkyl halides is 3. The lowest BCUT2D eigenvalue weighted by Crippen LogP contribution is -2.69. The van der Waals surface area contributed by atoms with Crippen molar-refractivity contribution in [3.05, 3.63) is 135 Å². The number of carbonyl (C=O) groups excluding carboxylic acids is 3. The number of carbonyl (C=O) groups is 3. The Labute approximate surface area is 421 Å². The van der Waals surface area contributed by atoms with Crippen molar-refractivity contribution in [2.45, 2.75) is 121 Å². The van der Waals surface area contributed by atoms with Crippen molar-refractivity contribution in [2.24, 2.45) is 10.9 Å². The predicted octanol–water partition coefficient (Wildman–Crippen LogP) is 9.86. The fourth-order valence-corrected chi connectivity index (χ4v) is 17.7. The van der Waals surface area contributed by atoms with Gasteiger partial charge in [-0.2, -0.15) is 13.2 Å². The van der Waals surface area contributed by atoms with Crippen LogP contribution in [0.15, 0.2) is 113 Å². The number of piperazine rings is 1. The van der Waals surface area contributed by atoms with E-state index in [9.17, 15) is 18.0 Å². The molecule has 70 heavy (non-hydrogen) atoms. The number of halogens is 6. The van der Waals surface area contributed by atoms with Gasteiger partial charge in [-0.05, 0) is 90.5 Å². The molecule has 3 amide bonds. The molecule has 18 heteroatoms. The van der Waals surface area contributed by atoms with Crippen molar-refractivity contribution in [1.29, 1.82) is 0 Å². The number of likely N-dealkylation sites (tertiary alicyclic amines) is 1. The Morgan fingerprint density at radius 2 is 1.51 bits per heavy atom. The minimum atomic E-state index is -5.07. The van der Waals surface area contributed by atoms with Gasteiger partial charge in [-0.1, -0.05) is 131 Å². The van der Waals surface area contributed by atoms with Crippen LogP contribution in [0, 0.1) is 11.7 Å². The molecule has 4 aromatic rings.